The number of nitrogens with zero attached hydrogens (tertiary/aromatic N) is 3. The molecule has 0 saturated heterocycles. The maximum Gasteiger partial charge on any atom is 0.243 e. The van der Waals surface area contributed by atoms with E-state index in [1.54, 1.807) is 26.1 Å². The summed E-state index contributed by atoms with van der Waals surface area (Å²) in [6.07, 6.45) is 6.55. The van der Waals surface area contributed by atoms with E-state index >= 15 is 0 Å². The topological polar surface area (TPSA) is 57.2 Å². The minimum absolute atomic E-state index is 0.00446. The molecule has 0 bridgehead atoms. The van der Waals surface area contributed by atoms with Gasteiger partial charge in [0.05, 0.1) is 7.11 Å². The van der Waals surface area contributed by atoms with Crippen LogP contribution in [-0.4, -0.2) is 63.0 Å². The van der Waals surface area contributed by atoms with Crippen molar-refractivity contribution in [1.29, 1.82) is 0 Å². The fourth-order valence-corrected chi connectivity index (χ4v) is 3.30. The van der Waals surface area contributed by atoms with Crippen molar-refractivity contribution in [3.05, 3.63) is 29.8 Å². The number of methoxy groups -OCH3 is 1. The zero-order valence-electron chi connectivity index (χ0n) is 17.2. The number of likely N-dealkylation sites (N-methyl/N-ethyl adjacent to an activating group) is 1. The highest BCUT2D eigenvalue weighted by atomic mass is 16.5. The minimum Gasteiger partial charge on any atom is -0.497 e. The molecule has 0 radical (unpaired) electrons. The molecule has 2 rings (SSSR count). The Balaban J connectivity index is 2.01. The molecule has 1 aromatic carbocycles. The van der Waals surface area contributed by atoms with Gasteiger partial charge in [0, 0.05) is 34.2 Å². The highest BCUT2D eigenvalue weighted by Crippen LogP contribution is 2.22. The molecule has 1 N–H and O–H groups in total. The summed E-state index contributed by atoms with van der Waals surface area (Å²) in [5.74, 6) is 2.33. The largest absolute Gasteiger partial charge is 0.497 e. The Labute approximate surface area is 163 Å². The summed E-state index contributed by atoms with van der Waals surface area (Å²) in [4.78, 5) is 20.2. The van der Waals surface area contributed by atoms with Crippen LogP contribution in [-0.2, 0) is 11.3 Å². The number of carbonyl (C=O) groups is 1. The van der Waals surface area contributed by atoms with Crippen LogP contribution < -0.4 is 10.1 Å². The second-order valence-corrected chi connectivity index (χ2v) is 7.52. The van der Waals surface area contributed by atoms with Gasteiger partial charge in [-0.25, -0.2) is 4.99 Å². The molecule has 6 heteroatoms. The highest BCUT2D eigenvalue weighted by molar-refractivity contribution is 5.84. The number of amides is 1. The van der Waals surface area contributed by atoms with Crippen molar-refractivity contribution in [3.8, 4) is 5.75 Å². The summed E-state index contributed by atoms with van der Waals surface area (Å²) < 4.78 is 5.22. The van der Waals surface area contributed by atoms with Gasteiger partial charge in [-0.2, -0.15) is 0 Å². The smallest absolute Gasteiger partial charge is 0.243 e. The Morgan fingerprint density at radius 2 is 1.81 bits per heavy atom. The average Bonchev–Trinajstić information content (AvgIpc) is 2.69. The van der Waals surface area contributed by atoms with E-state index in [1.807, 2.05) is 19.2 Å². The van der Waals surface area contributed by atoms with Gasteiger partial charge in [-0.05, 0) is 36.5 Å². The van der Waals surface area contributed by atoms with Crippen molar-refractivity contribution in [3.63, 3.8) is 0 Å². The van der Waals surface area contributed by atoms with Gasteiger partial charge in [-0.1, -0.05) is 31.4 Å². The van der Waals surface area contributed by atoms with E-state index in [0.717, 1.165) is 24.8 Å². The van der Waals surface area contributed by atoms with Crippen molar-refractivity contribution in [2.75, 3.05) is 41.3 Å². The van der Waals surface area contributed by atoms with Crippen LogP contribution in [0.1, 0.15) is 37.7 Å². The summed E-state index contributed by atoms with van der Waals surface area (Å²) in [7, 11) is 7.20. The quantitative estimate of drug-likeness (QED) is 0.589. The molecule has 0 spiro atoms. The van der Waals surface area contributed by atoms with Crippen LogP contribution in [0, 0.1) is 5.92 Å². The molecule has 6 nitrogen and oxygen atoms in total. The first-order chi connectivity index (χ1) is 13.0. The van der Waals surface area contributed by atoms with Crippen LogP contribution in [0.2, 0.25) is 0 Å². The van der Waals surface area contributed by atoms with E-state index < -0.39 is 0 Å². The van der Waals surface area contributed by atoms with Crippen LogP contribution in [0.3, 0.4) is 0 Å². The molecule has 1 fully saturated rings. The van der Waals surface area contributed by atoms with Crippen molar-refractivity contribution in [2.45, 2.75) is 38.6 Å². The Morgan fingerprint density at radius 1 is 1.15 bits per heavy atom. The van der Waals surface area contributed by atoms with Crippen molar-refractivity contribution in [1.82, 2.24) is 15.1 Å². The number of benzene rings is 1. The zero-order valence-corrected chi connectivity index (χ0v) is 17.2. The standard InChI is InChI=1S/C21H34N4O2/c1-24(2)20(26)15-23-21(22-14-17-8-6-5-7-9-17)25(3)16-18-10-12-19(27-4)13-11-18/h10-13,17H,5-9,14-16H2,1-4H3,(H,22,23). The van der Waals surface area contributed by atoms with Crippen molar-refractivity contribution in [2.24, 2.45) is 10.9 Å². The maximum absolute atomic E-state index is 12.0. The molecule has 150 valence electrons. The summed E-state index contributed by atoms with van der Waals surface area (Å²) >= 11 is 0. The van der Waals surface area contributed by atoms with Crippen LogP contribution in [0.15, 0.2) is 29.3 Å². The molecule has 0 atom stereocenters. The first kappa shape index (κ1) is 21.1. The van der Waals surface area contributed by atoms with Crippen molar-refractivity contribution >= 4 is 11.9 Å². The SMILES string of the molecule is COc1ccc(CN(C)C(=NCC(=O)N(C)C)NCC2CCCCC2)cc1. The fraction of sp³-hybridized carbons (Fsp3) is 0.619. The van der Waals surface area contributed by atoms with E-state index in [-0.39, 0.29) is 12.5 Å². The van der Waals surface area contributed by atoms with Gasteiger partial charge in [0.2, 0.25) is 5.91 Å². The van der Waals surface area contributed by atoms with Gasteiger partial charge < -0.3 is 19.9 Å². The first-order valence-electron chi connectivity index (χ1n) is 9.82. The van der Waals surface area contributed by atoms with Gasteiger partial charge >= 0.3 is 0 Å². The molecular formula is C21H34N4O2. The number of aliphatic imine (C=N–C) groups is 1. The Kier molecular flexibility index (Phi) is 8.43. The summed E-state index contributed by atoms with van der Waals surface area (Å²) in [5.41, 5.74) is 1.17. The van der Waals surface area contributed by atoms with Gasteiger partial charge in [-0.3, -0.25) is 4.79 Å². The molecule has 0 heterocycles. The summed E-state index contributed by atoms with van der Waals surface area (Å²) in [6, 6.07) is 8.04. The monoisotopic (exact) mass is 374 g/mol. The third kappa shape index (κ3) is 7.12. The molecule has 1 saturated carbocycles. The number of nitrogens with one attached hydrogen (secondary N) is 1. The molecule has 1 aliphatic carbocycles. The van der Waals surface area contributed by atoms with E-state index in [2.05, 4.69) is 27.3 Å². The number of guanidine groups is 1. The van der Waals surface area contributed by atoms with Gasteiger partial charge in [0.25, 0.3) is 0 Å². The Bertz CT molecular complexity index is 607. The van der Waals surface area contributed by atoms with E-state index in [0.29, 0.717) is 5.92 Å². The lowest BCUT2D eigenvalue weighted by molar-refractivity contribution is -0.127. The third-order valence-electron chi connectivity index (χ3n) is 5.08. The number of carbonyl (C=O) groups excluding carboxylic acids is 1. The second kappa shape index (κ2) is 10.8. The average molecular weight is 375 g/mol. The lowest BCUT2D eigenvalue weighted by Gasteiger charge is -2.27. The van der Waals surface area contributed by atoms with Crippen LogP contribution >= 0.6 is 0 Å². The molecule has 0 aromatic heterocycles. The molecule has 1 aromatic rings. The van der Waals surface area contributed by atoms with Gasteiger partial charge in [-0.15, -0.1) is 0 Å². The predicted octanol–water partition coefficient (Wildman–Crippen LogP) is 2.74. The van der Waals surface area contributed by atoms with Crippen LogP contribution in [0.5, 0.6) is 5.75 Å². The molecule has 1 amide bonds. The van der Waals surface area contributed by atoms with E-state index in [1.165, 1.54) is 37.7 Å². The predicted molar refractivity (Wildman–Crippen MR) is 110 cm³/mol. The van der Waals surface area contributed by atoms with E-state index in [4.69, 9.17) is 4.74 Å². The molecule has 27 heavy (non-hydrogen) atoms. The lowest BCUT2D eigenvalue weighted by atomic mass is 9.89. The fourth-order valence-electron chi connectivity index (χ4n) is 3.30. The first-order valence-corrected chi connectivity index (χ1v) is 9.82. The van der Waals surface area contributed by atoms with Gasteiger partial charge in [0.15, 0.2) is 5.96 Å². The molecule has 0 aliphatic heterocycles. The number of rotatable bonds is 7. The van der Waals surface area contributed by atoms with Crippen molar-refractivity contribution < 1.29 is 9.53 Å². The summed E-state index contributed by atoms with van der Waals surface area (Å²) in [5, 5.41) is 3.51. The Hall–Kier alpha value is -2.24. The number of ether oxygens (including phenoxy) is 1. The Morgan fingerprint density at radius 3 is 2.41 bits per heavy atom. The summed E-state index contributed by atoms with van der Waals surface area (Å²) in [6.45, 7) is 1.80. The van der Waals surface area contributed by atoms with E-state index in [9.17, 15) is 4.79 Å². The third-order valence-corrected chi connectivity index (χ3v) is 5.08. The number of hydrogen-bond acceptors (Lipinski definition) is 3. The second-order valence-electron chi connectivity index (χ2n) is 7.52. The van der Waals surface area contributed by atoms with Crippen LogP contribution in [0.4, 0.5) is 0 Å². The van der Waals surface area contributed by atoms with Crippen LogP contribution in [0.25, 0.3) is 0 Å². The molecule has 0 unspecified atom stereocenters. The minimum atomic E-state index is 0.00446. The lowest BCUT2D eigenvalue weighted by Crippen LogP contribution is -2.41. The number of hydrogen-bond donors (Lipinski definition) is 1. The molecule has 1 aliphatic rings. The normalized spacial score (nSPS) is 15.3. The zero-order chi connectivity index (χ0) is 19.6. The van der Waals surface area contributed by atoms with Gasteiger partial charge in [0.1, 0.15) is 12.3 Å². The highest BCUT2D eigenvalue weighted by Gasteiger charge is 2.16. The molecular weight excluding hydrogens is 340 g/mol. The maximum atomic E-state index is 12.0.